The molecule has 1 aromatic rings. The second-order valence-corrected chi connectivity index (χ2v) is 7.28. The molecule has 3 aliphatic carbocycles. The molecule has 0 saturated heterocycles. The van der Waals surface area contributed by atoms with Gasteiger partial charge in [0.25, 0.3) is 0 Å². The average molecular weight is 269 g/mol. The summed E-state index contributed by atoms with van der Waals surface area (Å²) in [6.45, 7) is 6.29. The molecule has 3 aliphatic rings. The predicted molar refractivity (Wildman–Crippen MR) is 80.6 cm³/mol. The molecule has 0 heterocycles. The minimum atomic E-state index is 0.284. The van der Waals surface area contributed by atoms with E-state index in [1.807, 2.05) is 0 Å². The second kappa shape index (κ2) is 4.09. The molecule has 1 N–H and O–H groups in total. The van der Waals surface area contributed by atoms with Gasteiger partial charge in [-0.3, -0.25) is 4.79 Å². The van der Waals surface area contributed by atoms with E-state index in [4.69, 9.17) is 0 Å². The minimum absolute atomic E-state index is 0.284. The standard InChI is InChI=1S/C18H23NO/c1-9-6-10(2)17(11(3)7-9)19-18(20)16-14-12-4-5-13(8-12)15(14)16/h6-7,12-16H,4-5,8H2,1-3H3,(H,19,20). The SMILES string of the molecule is Cc1cc(C)c(NC(=O)C2C3C4CCC(C4)C23)c(C)c1. The molecule has 2 heteroatoms. The molecule has 1 aromatic carbocycles. The van der Waals surface area contributed by atoms with Gasteiger partial charge in [0.05, 0.1) is 0 Å². The molecule has 0 aromatic heterocycles. The molecule has 0 radical (unpaired) electrons. The van der Waals surface area contributed by atoms with E-state index in [1.54, 1.807) is 0 Å². The zero-order valence-corrected chi connectivity index (χ0v) is 12.6. The number of rotatable bonds is 2. The summed E-state index contributed by atoms with van der Waals surface area (Å²) >= 11 is 0. The molecule has 3 saturated carbocycles. The number of hydrogen-bond acceptors (Lipinski definition) is 1. The predicted octanol–water partition coefficient (Wildman–Crippen LogP) is 3.84. The van der Waals surface area contributed by atoms with Crippen molar-refractivity contribution in [1.29, 1.82) is 0 Å². The summed E-state index contributed by atoms with van der Waals surface area (Å²) in [4.78, 5) is 12.6. The zero-order valence-electron chi connectivity index (χ0n) is 12.6. The fraction of sp³-hybridized carbons (Fsp3) is 0.611. The lowest BCUT2D eigenvalue weighted by Gasteiger charge is -2.14. The number of carbonyl (C=O) groups is 1. The highest BCUT2D eigenvalue weighted by Gasteiger charge is 2.67. The first-order valence-electron chi connectivity index (χ1n) is 7.95. The summed E-state index contributed by atoms with van der Waals surface area (Å²) in [7, 11) is 0. The maximum absolute atomic E-state index is 12.6. The zero-order chi connectivity index (χ0) is 14.0. The number of nitrogens with one attached hydrogen (secondary N) is 1. The molecular weight excluding hydrogens is 246 g/mol. The van der Waals surface area contributed by atoms with Gasteiger partial charge in [0, 0.05) is 11.6 Å². The van der Waals surface area contributed by atoms with Crippen LogP contribution in [0.3, 0.4) is 0 Å². The number of hydrogen-bond donors (Lipinski definition) is 1. The van der Waals surface area contributed by atoms with Crippen molar-refractivity contribution >= 4 is 11.6 Å². The molecule has 0 aliphatic heterocycles. The van der Waals surface area contributed by atoms with Gasteiger partial charge in [-0.15, -0.1) is 0 Å². The molecule has 3 fully saturated rings. The van der Waals surface area contributed by atoms with E-state index in [0.717, 1.165) is 29.4 Å². The summed E-state index contributed by atoms with van der Waals surface area (Å²) in [5.74, 6) is 3.77. The molecule has 4 unspecified atom stereocenters. The van der Waals surface area contributed by atoms with Crippen LogP contribution in [0.1, 0.15) is 36.0 Å². The fourth-order valence-electron chi connectivity index (χ4n) is 5.26. The highest BCUT2D eigenvalue weighted by atomic mass is 16.2. The summed E-state index contributed by atoms with van der Waals surface area (Å²) in [6, 6.07) is 4.31. The largest absolute Gasteiger partial charge is 0.325 e. The molecular formula is C18H23NO. The molecule has 0 spiro atoms. The first-order valence-corrected chi connectivity index (χ1v) is 7.95. The Morgan fingerprint density at radius 3 is 2.15 bits per heavy atom. The van der Waals surface area contributed by atoms with E-state index in [2.05, 4.69) is 38.2 Å². The Bertz CT molecular complexity index is 552. The molecule has 1 amide bonds. The Morgan fingerprint density at radius 2 is 1.60 bits per heavy atom. The van der Waals surface area contributed by atoms with Crippen molar-refractivity contribution in [2.45, 2.75) is 40.0 Å². The van der Waals surface area contributed by atoms with Gasteiger partial charge in [0.1, 0.15) is 0 Å². The monoisotopic (exact) mass is 269 g/mol. The van der Waals surface area contributed by atoms with Gasteiger partial charge in [-0.05, 0) is 74.8 Å². The van der Waals surface area contributed by atoms with Crippen LogP contribution < -0.4 is 5.32 Å². The van der Waals surface area contributed by atoms with Crippen LogP contribution in [0, 0.1) is 50.4 Å². The third-order valence-electron chi connectivity index (χ3n) is 5.96. The van der Waals surface area contributed by atoms with Crippen molar-refractivity contribution in [3.8, 4) is 0 Å². The van der Waals surface area contributed by atoms with Crippen molar-refractivity contribution in [1.82, 2.24) is 0 Å². The smallest absolute Gasteiger partial charge is 0.228 e. The first-order chi connectivity index (χ1) is 9.56. The van der Waals surface area contributed by atoms with Crippen LogP contribution in [0.25, 0.3) is 0 Å². The third kappa shape index (κ3) is 1.66. The minimum Gasteiger partial charge on any atom is -0.325 e. The maximum Gasteiger partial charge on any atom is 0.228 e. The van der Waals surface area contributed by atoms with E-state index in [1.165, 1.54) is 36.0 Å². The average Bonchev–Trinajstić information content (AvgIpc) is 2.82. The summed E-state index contributed by atoms with van der Waals surface area (Å²) in [5, 5.41) is 3.23. The fourth-order valence-corrected chi connectivity index (χ4v) is 5.26. The highest BCUT2D eigenvalue weighted by molar-refractivity contribution is 5.96. The Hall–Kier alpha value is -1.31. The number of benzene rings is 1. The van der Waals surface area contributed by atoms with E-state index in [9.17, 15) is 4.79 Å². The number of carbonyl (C=O) groups excluding carboxylic acids is 1. The van der Waals surface area contributed by atoms with E-state index in [-0.39, 0.29) is 5.91 Å². The van der Waals surface area contributed by atoms with Crippen LogP contribution in [-0.2, 0) is 4.79 Å². The molecule has 4 atom stereocenters. The van der Waals surface area contributed by atoms with Crippen molar-refractivity contribution in [3.63, 3.8) is 0 Å². The topological polar surface area (TPSA) is 29.1 Å². The normalized spacial score (nSPS) is 36.9. The lowest BCUT2D eigenvalue weighted by molar-refractivity contribution is -0.118. The molecule has 4 rings (SSSR count). The van der Waals surface area contributed by atoms with Crippen LogP contribution >= 0.6 is 0 Å². The van der Waals surface area contributed by atoms with Crippen LogP contribution in [0.2, 0.25) is 0 Å². The van der Waals surface area contributed by atoms with Gasteiger partial charge < -0.3 is 5.32 Å². The Labute approximate surface area is 121 Å². The summed E-state index contributed by atoms with van der Waals surface area (Å²) < 4.78 is 0. The van der Waals surface area contributed by atoms with E-state index < -0.39 is 0 Å². The Balaban J connectivity index is 1.52. The van der Waals surface area contributed by atoms with Gasteiger partial charge in [0.2, 0.25) is 5.91 Å². The van der Waals surface area contributed by atoms with Gasteiger partial charge in [-0.2, -0.15) is 0 Å². The lowest BCUT2D eigenvalue weighted by Crippen LogP contribution is -2.19. The maximum atomic E-state index is 12.6. The van der Waals surface area contributed by atoms with Crippen molar-refractivity contribution in [2.24, 2.45) is 29.6 Å². The summed E-state index contributed by atoms with van der Waals surface area (Å²) in [6.07, 6.45) is 4.15. The van der Waals surface area contributed by atoms with Gasteiger partial charge >= 0.3 is 0 Å². The van der Waals surface area contributed by atoms with E-state index in [0.29, 0.717) is 5.92 Å². The lowest BCUT2D eigenvalue weighted by atomic mass is 10.0. The van der Waals surface area contributed by atoms with Crippen LogP contribution in [-0.4, -0.2) is 5.91 Å². The number of fused-ring (bicyclic) bond motifs is 5. The number of amides is 1. The third-order valence-corrected chi connectivity index (χ3v) is 5.96. The first kappa shape index (κ1) is 12.4. The second-order valence-electron chi connectivity index (χ2n) is 7.28. The summed E-state index contributed by atoms with van der Waals surface area (Å²) in [5.41, 5.74) is 4.67. The Morgan fingerprint density at radius 1 is 1.05 bits per heavy atom. The van der Waals surface area contributed by atoms with Crippen molar-refractivity contribution in [3.05, 3.63) is 28.8 Å². The van der Waals surface area contributed by atoms with Crippen molar-refractivity contribution < 1.29 is 4.79 Å². The van der Waals surface area contributed by atoms with E-state index >= 15 is 0 Å². The molecule has 2 nitrogen and oxygen atoms in total. The molecule has 2 bridgehead atoms. The van der Waals surface area contributed by atoms with Gasteiger partial charge in [0.15, 0.2) is 0 Å². The van der Waals surface area contributed by atoms with Gasteiger partial charge in [-0.25, -0.2) is 0 Å². The number of aryl methyl sites for hydroxylation is 3. The van der Waals surface area contributed by atoms with Crippen molar-refractivity contribution in [2.75, 3.05) is 5.32 Å². The Kier molecular flexibility index (Phi) is 2.55. The van der Waals surface area contributed by atoms with Crippen LogP contribution in [0.15, 0.2) is 12.1 Å². The molecule has 106 valence electrons. The van der Waals surface area contributed by atoms with Crippen LogP contribution in [0.5, 0.6) is 0 Å². The molecule has 20 heavy (non-hydrogen) atoms. The van der Waals surface area contributed by atoms with Crippen LogP contribution in [0.4, 0.5) is 5.69 Å². The quantitative estimate of drug-likeness (QED) is 0.868. The highest BCUT2D eigenvalue weighted by Crippen LogP contribution is 2.69. The van der Waals surface area contributed by atoms with Gasteiger partial charge in [-0.1, -0.05) is 17.7 Å². The number of anilines is 1.